The number of benzene rings is 5. The number of primary amides is 1. The van der Waals surface area contributed by atoms with Crippen LogP contribution in [0.4, 0.5) is 0 Å². The molecule has 0 radical (unpaired) electrons. The highest BCUT2D eigenvalue weighted by Crippen LogP contribution is 2.49. The van der Waals surface area contributed by atoms with Gasteiger partial charge in [-0.1, -0.05) is 137 Å². The van der Waals surface area contributed by atoms with Crippen LogP contribution in [0.5, 0.6) is 28.7 Å². The molecule has 588 valence electrons. The van der Waals surface area contributed by atoms with E-state index in [1.807, 2.05) is 13.8 Å². The summed E-state index contributed by atoms with van der Waals surface area (Å²) in [6.45, 7) is 7.91. The van der Waals surface area contributed by atoms with Gasteiger partial charge in [-0.3, -0.25) is 38.4 Å². The Labute approximate surface area is 638 Å². The van der Waals surface area contributed by atoms with E-state index in [-0.39, 0.29) is 85.7 Å². The predicted molar refractivity (Wildman–Crippen MR) is 391 cm³/mol. The lowest BCUT2D eigenvalue weighted by Gasteiger charge is -2.47. The fraction of sp³-hybridized carbons (Fsp3) is 0.487. The van der Waals surface area contributed by atoms with Gasteiger partial charge in [-0.05, 0) is 121 Å². The zero-order valence-corrected chi connectivity index (χ0v) is 62.3. The minimum Gasteiger partial charge on any atom is -0.479 e. The van der Waals surface area contributed by atoms with Crippen molar-refractivity contribution in [1.82, 2.24) is 37.2 Å². The lowest BCUT2D eigenvalue weighted by Crippen LogP contribution is -2.65. The number of ether oxygens (including phenoxy) is 7. The Bertz CT molecular complexity index is 4190. The molecule has 17 N–H and O–H groups in total. The molecule has 109 heavy (non-hydrogen) atoms. The van der Waals surface area contributed by atoms with Gasteiger partial charge in [-0.15, -0.1) is 0 Å². The number of halogens is 2. The van der Waals surface area contributed by atoms with Crippen LogP contribution < -0.4 is 62.9 Å². The van der Waals surface area contributed by atoms with E-state index in [4.69, 9.17) is 67.8 Å². The Kier molecular flexibility index (Phi) is 27.3. The van der Waals surface area contributed by atoms with E-state index < -0.39 is 193 Å². The van der Waals surface area contributed by atoms with Gasteiger partial charge in [0.25, 0.3) is 0 Å². The monoisotopic (exact) mass is 1550 g/mol. The molecule has 7 amide bonds. The average Bonchev–Trinajstić information content (AvgIpc) is 0.771. The summed E-state index contributed by atoms with van der Waals surface area (Å²) >= 11 is 14.3. The van der Waals surface area contributed by atoms with Gasteiger partial charge in [0.2, 0.25) is 53.4 Å². The number of nitrogens with one attached hydrogen (secondary N) is 7. The highest BCUT2D eigenvalue weighted by Gasteiger charge is 2.53. The second kappa shape index (κ2) is 36.2. The molecule has 7 heterocycles. The molecule has 2 saturated heterocycles. The van der Waals surface area contributed by atoms with Crippen molar-refractivity contribution in [3.05, 3.63) is 135 Å². The van der Waals surface area contributed by atoms with Gasteiger partial charge in [0.1, 0.15) is 66.1 Å². The van der Waals surface area contributed by atoms with Gasteiger partial charge in [0.15, 0.2) is 36.0 Å². The third-order valence-corrected chi connectivity index (χ3v) is 20.3. The fourth-order valence-electron chi connectivity index (χ4n) is 13.9. The number of carbonyl (C=O) groups excluding carboxylic acids is 8. The largest absolute Gasteiger partial charge is 0.479 e. The predicted octanol–water partition coefficient (Wildman–Crippen LogP) is 4.68. The molecule has 5 aromatic carbocycles. The number of aliphatic carboxylic acids is 1. The normalized spacial score (nSPS) is 28.1. The minimum atomic E-state index is -2.24. The number of hydrogen-bond acceptors (Lipinski definition) is 23. The number of likely N-dealkylation sites (N-methyl/N-ethyl adjacent to an activating group) is 1. The molecule has 0 saturated carbocycles. The van der Waals surface area contributed by atoms with E-state index in [9.17, 15) is 59.4 Å². The molecular formula is C76H93Cl2N9O22. The maximum absolute atomic E-state index is 16.2. The molecule has 2 fully saturated rings. The number of carbonyl (C=O) groups is 9. The molecule has 7 aliphatic heterocycles. The third kappa shape index (κ3) is 19.6. The van der Waals surface area contributed by atoms with Gasteiger partial charge < -0.3 is 112 Å². The van der Waals surface area contributed by atoms with Crippen molar-refractivity contribution in [2.24, 2.45) is 17.4 Å². The van der Waals surface area contributed by atoms with E-state index in [0.29, 0.717) is 12.8 Å². The maximum atomic E-state index is 16.2. The Hall–Kier alpha value is -9.09. The number of amides is 7. The molecular weight excluding hydrogens is 1460 g/mol. The Morgan fingerprint density at radius 1 is 0.697 bits per heavy atom. The van der Waals surface area contributed by atoms with Crippen LogP contribution in [0.2, 0.25) is 10.0 Å². The molecule has 5 aromatic rings. The number of fused-ring (bicyclic) bond motifs is 15. The maximum Gasteiger partial charge on any atom is 0.330 e. The van der Waals surface area contributed by atoms with Gasteiger partial charge >= 0.3 is 11.9 Å². The van der Waals surface area contributed by atoms with Gasteiger partial charge in [-0.25, -0.2) is 4.79 Å². The van der Waals surface area contributed by atoms with E-state index >= 15 is 14.4 Å². The van der Waals surface area contributed by atoms with Crippen LogP contribution >= 0.6 is 23.2 Å². The van der Waals surface area contributed by atoms with Crippen LogP contribution in [0.1, 0.15) is 163 Å². The number of carboxylic acids is 1. The van der Waals surface area contributed by atoms with Crippen molar-refractivity contribution in [3.63, 3.8) is 0 Å². The minimum absolute atomic E-state index is 0.0419. The SMILES string of the molecule is CCCCCCCCCC(=O)O[C@H]1[C@H](O)[C@@H](O[C@H]2C[C@](C)(N)[C@H](O)[C@H](C)O2)[C@H](Oc2c3cc4cc2Oc2ccc(cc2Cl)[C@@H](O)[C@@H](NC(=O)[C@@H](CC(C)C)NC)C(=O)N[C@@H](CC(N)=O)C(=O)N[C@H]4C(=O)N[C@H]2C(=O)N[C@H](C(=O)N[C@H](C(=O)O)c4ccccc4-c4cccc2c4)[C@H](O)c2ccc(c(Cl)c2)O3)O[C@@H]1CO. The van der Waals surface area contributed by atoms with Crippen LogP contribution in [-0.4, -0.2) is 176 Å². The lowest BCUT2D eigenvalue weighted by molar-refractivity contribution is -0.334. The smallest absolute Gasteiger partial charge is 0.330 e. The first-order chi connectivity index (χ1) is 51.9. The first-order valence-electron chi connectivity index (χ1n) is 36.2. The van der Waals surface area contributed by atoms with Crippen molar-refractivity contribution >= 4 is 76.5 Å². The molecule has 31 nitrogen and oxygen atoms in total. The molecule has 0 aromatic heterocycles. The highest BCUT2D eigenvalue weighted by atomic mass is 35.5. The second-order valence-electron chi connectivity index (χ2n) is 28.6. The van der Waals surface area contributed by atoms with Crippen LogP contribution in [-0.2, 0) is 62.1 Å². The summed E-state index contributed by atoms with van der Waals surface area (Å²) in [5.41, 5.74) is 10.9. The zero-order chi connectivity index (χ0) is 78.9. The van der Waals surface area contributed by atoms with Gasteiger partial charge in [0.05, 0.1) is 41.3 Å². The van der Waals surface area contributed by atoms with Gasteiger partial charge in [0, 0.05) is 18.4 Å². The van der Waals surface area contributed by atoms with Crippen LogP contribution in [0.25, 0.3) is 11.1 Å². The van der Waals surface area contributed by atoms with E-state index in [1.54, 1.807) is 25.1 Å². The summed E-state index contributed by atoms with van der Waals surface area (Å²) in [4.78, 5) is 131. The Balaban J connectivity index is 1.20. The number of unbranched alkanes of at least 4 members (excludes halogenated alkanes) is 6. The lowest BCUT2D eigenvalue weighted by atomic mass is 9.86. The number of aliphatic hydroxyl groups excluding tert-OH is 5. The van der Waals surface area contributed by atoms with E-state index in [0.717, 1.165) is 50.3 Å². The molecule has 11 bridgehead atoms. The second-order valence-corrected chi connectivity index (χ2v) is 29.4. The van der Waals surface area contributed by atoms with E-state index in [2.05, 4.69) is 44.1 Å². The summed E-state index contributed by atoms with van der Waals surface area (Å²) in [6, 6.07) is 8.32. The fourth-order valence-corrected chi connectivity index (χ4v) is 14.3. The number of hydrogen-bond donors (Lipinski definition) is 15. The summed E-state index contributed by atoms with van der Waals surface area (Å²) in [7, 11) is 1.50. The summed E-state index contributed by atoms with van der Waals surface area (Å²) in [5, 5.41) is 88.0. The van der Waals surface area contributed by atoms with Crippen LogP contribution in [0.15, 0.2) is 97.1 Å². The molecule has 0 spiro atoms. The third-order valence-electron chi connectivity index (χ3n) is 19.7. The molecule has 33 heteroatoms. The number of esters is 1. The zero-order valence-electron chi connectivity index (χ0n) is 60.7. The first kappa shape index (κ1) is 82.4. The number of aliphatic hydroxyl groups is 5. The van der Waals surface area contributed by atoms with Crippen molar-refractivity contribution in [3.8, 4) is 39.9 Å². The number of rotatable bonds is 22. The van der Waals surface area contributed by atoms with Crippen LogP contribution in [0, 0.1) is 5.92 Å². The van der Waals surface area contributed by atoms with Gasteiger partial charge in [-0.2, -0.15) is 0 Å². The summed E-state index contributed by atoms with van der Waals surface area (Å²) in [5.74, 6) is -13.1. The highest BCUT2D eigenvalue weighted by molar-refractivity contribution is 6.32. The molecule has 0 unspecified atom stereocenters. The standard InChI is InChI=1S/C76H93Cl2N9O22/c1-7-8-9-10-11-12-13-21-54(90)107-65-52(34-88)106-75(66(63(65)93)108-55-33-76(5,80)67(94)36(4)103-55)109-64-50-30-41-31-51(64)105-49-25-23-40(29-45(49)78)62(92)60-73(100)85-58(74(101)102)43-20-15-14-19-42(43)37-17-16-18-38(27-37)56(70(97)87-60)84-71(98)57(41)83-69(96)47(32-53(79)89)82-72(99)59(86-68(95)46(81-6)26-35(2)3)61(91)39-22-24-48(104-50)44(77)28-39/h14-20,22-25,27-31,35-36,46-47,52,55-63,65-67,75,81,88,91-94H,7-13,21,26,32-34,80H2,1-6H3,(H2,79,89)(H,82,99)(H,83,96)(H,84,98)(H,85,100)(H,86,95)(H,87,97)(H,101,102)/t36-,46+,47-,52+,55-,56+,57+,58-,59+,60-,61+,62+,63-,65+,66+,67+,75-,76-/m0/s1. The van der Waals surface area contributed by atoms with Crippen molar-refractivity contribution < 1.29 is 107 Å². The average molecular weight is 1560 g/mol. The molecule has 18 atom stereocenters. The quantitative estimate of drug-likeness (QED) is 0.0330. The summed E-state index contributed by atoms with van der Waals surface area (Å²) < 4.78 is 45.6. The van der Waals surface area contributed by atoms with Crippen molar-refractivity contribution in [2.75, 3.05) is 13.7 Å². The van der Waals surface area contributed by atoms with Crippen molar-refractivity contribution in [2.45, 2.75) is 214 Å². The van der Waals surface area contributed by atoms with Crippen LogP contribution in [0.3, 0.4) is 0 Å². The number of nitrogens with two attached hydrogens (primary N) is 2. The molecule has 0 aliphatic carbocycles. The molecule has 12 rings (SSSR count). The van der Waals surface area contributed by atoms with E-state index in [1.165, 1.54) is 74.6 Å². The molecule has 7 aliphatic rings. The Morgan fingerprint density at radius 3 is 1.94 bits per heavy atom. The van der Waals surface area contributed by atoms with Crippen molar-refractivity contribution in [1.29, 1.82) is 0 Å². The first-order valence-corrected chi connectivity index (χ1v) is 36.9. The number of carboxylic acid groups (broad SMARTS) is 1. The summed E-state index contributed by atoms with van der Waals surface area (Å²) in [6.07, 6.45) is -12.0. The topological polar surface area (TPSA) is 476 Å². The Morgan fingerprint density at radius 2 is 1.32 bits per heavy atom.